The van der Waals surface area contributed by atoms with Gasteiger partial charge in [0.2, 0.25) is 0 Å². The minimum atomic E-state index is -0.867. The predicted molar refractivity (Wildman–Crippen MR) is 95.7 cm³/mol. The maximum Gasteiger partial charge on any atom is 0.281 e. The molecule has 0 aliphatic carbocycles. The van der Waals surface area contributed by atoms with Gasteiger partial charge in [-0.3, -0.25) is 9.59 Å². The van der Waals surface area contributed by atoms with E-state index < -0.39 is 23.1 Å². The van der Waals surface area contributed by atoms with Gasteiger partial charge >= 0.3 is 0 Å². The van der Waals surface area contributed by atoms with Crippen molar-refractivity contribution in [2.45, 2.75) is 26.3 Å². The molecule has 1 aliphatic heterocycles. The molecule has 1 atom stereocenters. The summed E-state index contributed by atoms with van der Waals surface area (Å²) >= 11 is 0. The normalized spacial score (nSPS) is 17.2. The number of amides is 1. The highest BCUT2D eigenvalue weighted by molar-refractivity contribution is 5.94. The number of carbonyl (C=O) groups excluding carboxylic acids is 1. The summed E-state index contributed by atoms with van der Waals surface area (Å²) in [5.41, 5.74) is -0.352. The topological polar surface area (TPSA) is 96.8 Å². The SMILES string of the molecule is Cc1nc2c(nnn2C[C@H]2CCCN(C(=O)c3c(F)cccc3F)C2)c(=O)[nH]1. The minimum absolute atomic E-state index is 0.00108. The number of aromatic amines is 1. The number of piperidine rings is 1. The summed E-state index contributed by atoms with van der Waals surface area (Å²) in [6.45, 7) is 2.83. The number of rotatable bonds is 3. The summed E-state index contributed by atoms with van der Waals surface area (Å²) in [6, 6.07) is 3.38. The maximum atomic E-state index is 14.0. The average molecular weight is 388 g/mol. The number of nitrogens with one attached hydrogen (secondary N) is 1. The molecule has 146 valence electrons. The van der Waals surface area contributed by atoms with Crippen LogP contribution >= 0.6 is 0 Å². The zero-order valence-corrected chi connectivity index (χ0v) is 15.2. The van der Waals surface area contributed by atoms with Gasteiger partial charge in [-0.05, 0) is 37.8 Å². The van der Waals surface area contributed by atoms with E-state index in [0.717, 1.165) is 18.6 Å². The van der Waals surface area contributed by atoms with Gasteiger partial charge in [-0.25, -0.2) is 18.4 Å². The van der Waals surface area contributed by atoms with Crippen LogP contribution in [0.4, 0.5) is 8.78 Å². The largest absolute Gasteiger partial charge is 0.338 e. The second-order valence-electron chi connectivity index (χ2n) is 6.95. The fourth-order valence-electron chi connectivity index (χ4n) is 3.60. The molecular formula is C18H18F2N6O2. The van der Waals surface area contributed by atoms with Gasteiger partial charge in [-0.1, -0.05) is 11.3 Å². The van der Waals surface area contributed by atoms with Crippen LogP contribution in [0.5, 0.6) is 0 Å². The monoisotopic (exact) mass is 388 g/mol. The van der Waals surface area contributed by atoms with Crippen LogP contribution < -0.4 is 5.56 Å². The Morgan fingerprint density at radius 1 is 1.32 bits per heavy atom. The summed E-state index contributed by atoms with van der Waals surface area (Å²) in [6.07, 6.45) is 1.51. The molecule has 2 aromatic heterocycles. The molecule has 3 aromatic rings. The van der Waals surface area contributed by atoms with E-state index in [0.29, 0.717) is 37.5 Å². The van der Waals surface area contributed by atoms with E-state index in [-0.39, 0.29) is 17.0 Å². The zero-order valence-electron chi connectivity index (χ0n) is 15.2. The number of nitrogens with zero attached hydrogens (tertiary/aromatic N) is 5. The molecule has 0 radical (unpaired) electrons. The molecule has 1 aliphatic rings. The lowest BCUT2D eigenvalue weighted by molar-refractivity contribution is 0.0650. The number of halogens is 2. The molecule has 28 heavy (non-hydrogen) atoms. The van der Waals surface area contributed by atoms with Gasteiger partial charge in [0.25, 0.3) is 11.5 Å². The minimum Gasteiger partial charge on any atom is -0.338 e. The van der Waals surface area contributed by atoms with Crippen LogP contribution in [0.2, 0.25) is 0 Å². The smallest absolute Gasteiger partial charge is 0.281 e. The third-order valence-corrected chi connectivity index (χ3v) is 4.91. The van der Waals surface area contributed by atoms with Crippen molar-refractivity contribution < 1.29 is 13.6 Å². The molecule has 0 spiro atoms. The molecular weight excluding hydrogens is 370 g/mol. The molecule has 0 bridgehead atoms. The molecule has 8 nitrogen and oxygen atoms in total. The van der Waals surface area contributed by atoms with Crippen molar-refractivity contribution in [1.82, 2.24) is 29.9 Å². The van der Waals surface area contributed by atoms with Gasteiger partial charge in [0.05, 0.1) is 0 Å². The van der Waals surface area contributed by atoms with Crippen molar-refractivity contribution in [2.24, 2.45) is 5.92 Å². The summed E-state index contributed by atoms with van der Waals surface area (Å²) in [4.78, 5) is 32.9. The van der Waals surface area contributed by atoms with Crippen molar-refractivity contribution in [1.29, 1.82) is 0 Å². The first kappa shape index (κ1) is 18.2. The number of likely N-dealkylation sites (tertiary alicyclic amines) is 1. The Kier molecular flexibility index (Phi) is 4.62. The number of H-pyrrole nitrogens is 1. The lowest BCUT2D eigenvalue weighted by Crippen LogP contribution is -2.41. The Hall–Kier alpha value is -3.17. The lowest BCUT2D eigenvalue weighted by atomic mass is 9.97. The molecule has 1 aromatic carbocycles. The summed E-state index contributed by atoms with van der Waals surface area (Å²) in [5.74, 6) is -1.94. The molecule has 1 amide bonds. The van der Waals surface area contributed by atoms with E-state index in [2.05, 4.69) is 20.3 Å². The van der Waals surface area contributed by atoms with Gasteiger partial charge < -0.3 is 9.88 Å². The average Bonchev–Trinajstić information content (AvgIpc) is 3.04. The van der Waals surface area contributed by atoms with Crippen LogP contribution in [0.3, 0.4) is 0 Å². The van der Waals surface area contributed by atoms with Crippen LogP contribution in [0.25, 0.3) is 11.2 Å². The first-order valence-electron chi connectivity index (χ1n) is 8.97. The molecule has 1 saturated heterocycles. The summed E-state index contributed by atoms with van der Waals surface area (Å²) < 4.78 is 29.5. The van der Waals surface area contributed by atoms with Gasteiger partial charge in [0.15, 0.2) is 11.2 Å². The van der Waals surface area contributed by atoms with Crippen molar-refractivity contribution in [3.05, 3.63) is 51.6 Å². The molecule has 0 unspecified atom stereocenters. The third-order valence-electron chi connectivity index (χ3n) is 4.91. The Morgan fingerprint density at radius 3 is 2.82 bits per heavy atom. The molecule has 0 saturated carbocycles. The molecule has 10 heteroatoms. The number of aromatic nitrogens is 5. The van der Waals surface area contributed by atoms with Crippen molar-refractivity contribution >= 4 is 17.1 Å². The predicted octanol–water partition coefficient (Wildman–Crippen LogP) is 1.65. The standard InChI is InChI=1S/C18H18F2N6O2/c1-10-21-16-15(17(27)22-10)23-24-26(16)9-11-4-3-7-25(8-11)18(28)14-12(19)5-2-6-13(14)20/h2,5-6,11H,3-4,7-9H2,1H3,(H,21,22,27)/t11-/m0/s1. The summed E-state index contributed by atoms with van der Waals surface area (Å²) in [5, 5.41) is 7.89. The number of aryl methyl sites for hydroxylation is 1. The third kappa shape index (κ3) is 3.25. The fourth-order valence-corrected chi connectivity index (χ4v) is 3.60. The first-order valence-corrected chi connectivity index (χ1v) is 8.97. The lowest BCUT2D eigenvalue weighted by Gasteiger charge is -2.32. The van der Waals surface area contributed by atoms with Crippen LogP contribution in [0.1, 0.15) is 29.0 Å². The van der Waals surface area contributed by atoms with E-state index in [1.165, 1.54) is 11.0 Å². The number of benzene rings is 1. The Bertz CT molecular complexity index is 1090. The van der Waals surface area contributed by atoms with Gasteiger partial charge in [-0.15, -0.1) is 5.10 Å². The summed E-state index contributed by atoms with van der Waals surface area (Å²) in [7, 11) is 0. The molecule has 4 rings (SSSR count). The van der Waals surface area contributed by atoms with Crippen LogP contribution in [-0.4, -0.2) is 48.9 Å². The quantitative estimate of drug-likeness (QED) is 0.736. The van der Waals surface area contributed by atoms with Crippen LogP contribution in [0, 0.1) is 24.5 Å². The molecule has 3 heterocycles. The van der Waals surface area contributed by atoms with E-state index in [1.807, 2.05) is 0 Å². The van der Waals surface area contributed by atoms with Crippen molar-refractivity contribution in [2.75, 3.05) is 13.1 Å². The van der Waals surface area contributed by atoms with Crippen molar-refractivity contribution in [3.63, 3.8) is 0 Å². The highest BCUT2D eigenvalue weighted by Crippen LogP contribution is 2.23. The Morgan fingerprint density at radius 2 is 2.07 bits per heavy atom. The molecule has 1 fully saturated rings. The van der Waals surface area contributed by atoms with Crippen LogP contribution in [0.15, 0.2) is 23.0 Å². The van der Waals surface area contributed by atoms with Gasteiger partial charge in [0.1, 0.15) is 23.0 Å². The number of carbonyl (C=O) groups is 1. The first-order chi connectivity index (χ1) is 13.4. The second-order valence-corrected chi connectivity index (χ2v) is 6.95. The number of fused-ring (bicyclic) bond motifs is 1. The van der Waals surface area contributed by atoms with E-state index >= 15 is 0 Å². The molecule has 1 N–H and O–H groups in total. The van der Waals surface area contributed by atoms with E-state index in [9.17, 15) is 18.4 Å². The Balaban J connectivity index is 1.55. The fraction of sp³-hybridized carbons (Fsp3) is 0.389. The van der Waals surface area contributed by atoms with Crippen LogP contribution in [-0.2, 0) is 6.54 Å². The number of hydrogen-bond acceptors (Lipinski definition) is 5. The van der Waals surface area contributed by atoms with E-state index in [1.54, 1.807) is 11.6 Å². The Labute approximate surface area is 158 Å². The highest BCUT2D eigenvalue weighted by Gasteiger charge is 2.29. The van der Waals surface area contributed by atoms with E-state index in [4.69, 9.17) is 0 Å². The zero-order chi connectivity index (χ0) is 19.8. The number of hydrogen-bond donors (Lipinski definition) is 1. The van der Waals surface area contributed by atoms with Gasteiger partial charge in [0, 0.05) is 19.6 Å². The van der Waals surface area contributed by atoms with Crippen molar-refractivity contribution in [3.8, 4) is 0 Å². The highest BCUT2D eigenvalue weighted by atomic mass is 19.1. The second kappa shape index (κ2) is 7.10. The van der Waals surface area contributed by atoms with Gasteiger partial charge in [-0.2, -0.15) is 0 Å². The maximum absolute atomic E-state index is 14.0.